The normalized spacial score (nSPS) is 21.4. The molecule has 1 aliphatic rings. The number of benzene rings is 1. The van der Waals surface area contributed by atoms with Crippen molar-refractivity contribution in [1.29, 1.82) is 0 Å². The summed E-state index contributed by atoms with van der Waals surface area (Å²) < 4.78 is 1.24. The summed E-state index contributed by atoms with van der Waals surface area (Å²) in [6, 6.07) is 7.43. The molecule has 0 bridgehead atoms. The fraction of sp³-hybridized carbons (Fsp3) is 0.647. The van der Waals surface area contributed by atoms with E-state index in [1.54, 1.807) is 0 Å². The van der Waals surface area contributed by atoms with Crippen LogP contribution in [-0.2, 0) is 13.1 Å². The zero-order chi connectivity index (χ0) is 15.2. The first kappa shape index (κ1) is 16.9. The first-order valence-electron chi connectivity index (χ1n) is 7.98. The van der Waals surface area contributed by atoms with Crippen LogP contribution in [0.5, 0.6) is 0 Å². The second-order valence-corrected chi connectivity index (χ2v) is 6.96. The summed E-state index contributed by atoms with van der Waals surface area (Å²) in [5.74, 6) is 0. The van der Waals surface area contributed by atoms with Gasteiger partial charge < -0.3 is 10.2 Å². The Labute approximate surface area is 137 Å². The van der Waals surface area contributed by atoms with E-state index in [4.69, 9.17) is 0 Å². The van der Waals surface area contributed by atoms with Gasteiger partial charge in [-0.3, -0.25) is 4.90 Å². The molecule has 0 aromatic heterocycles. The lowest BCUT2D eigenvalue weighted by Gasteiger charge is -2.30. The summed E-state index contributed by atoms with van der Waals surface area (Å²) in [6.45, 7) is 7.88. The lowest BCUT2D eigenvalue weighted by molar-refractivity contribution is 0.175. The predicted octanol–water partition coefficient (Wildman–Crippen LogP) is 3.08. The minimum Gasteiger partial charge on any atom is -0.316 e. The third kappa shape index (κ3) is 4.78. The highest BCUT2D eigenvalue weighted by Crippen LogP contribution is 2.23. The number of nitrogens with one attached hydrogen (secondary N) is 1. The fourth-order valence-electron chi connectivity index (χ4n) is 3.14. The molecule has 1 aromatic rings. The first-order chi connectivity index (χ1) is 10.1. The molecule has 1 unspecified atom stereocenters. The maximum absolute atomic E-state index is 3.75. The zero-order valence-electron chi connectivity index (χ0n) is 13.5. The quantitative estimate of drug-likeness (QED) is 0.877. The van der Waals surface area contributed by atoms with Crippen LogP contribution in [0.3, 0.4) is 0 Å². The van der Waals surface area contributed by atoms with E-state index in [1.807, 2.05) is 7.05 Å². The summed E-state index contributed by atoms with van der Waals surface area (Å²) >= 11 is 3.75. The number of hydrogen-bond acceptors (Lipinski definition) is 3. The van der Waals surface area contributed by atoms with E-state index in [2.05, 4.69) is 63.2 Å². The maximum atomic E-state index is 3.75. The van der Waals surface area contributed by atoms with E-state index >= 15 is 0 Å². The van der Waals surface area contributed by atoms with Gasteiger partial charge in [0.05, 0.1) is 0 Å². The molecule has 0 saturated carbocycles. The third-order valence-electron chi connectivity index (χ3n) is 4.37. The second kappa shape index (κ2) is 8.28. The fourth-order valence-corrected chi connectivity index (χ4v) is 3.69. The molecule has 1 aliphatic heterocycles. The molecule has 0 radical (unpaired) electrons. The summed E-state index contributed by atoms with van der Waals surface area (Å²) in [6.07, 6.45) is 2.49. The van der Waals surface area contributed by atoms with Gasteiger partial charge in [0.15, 0.2) is 0 Å². The van der Waals surface area contributed by atoms with Crippen molar-refractivity contribution in [2.45, 2.75) is 38.9 Å². The van der Waals surface area contributed by atoms with Crippen LogP contribution in [0.15, 0.2) is 22.7 Å². The Morgan fingerprint density at radius 2 is 2.14 bits per heavy atom. The average molecular weight is 354 g/mol. The van der Waals surface area contributed by atoms with Crippen molar-refractivity contribution in [2.24, 2.45) is 0 Å². The van der Waals surface area contributed by atoms with Crippen molar-refractivity contribution in [3.05, 3.63) is 33.8 Å². The Kier molecular flexibility index (Phi) is 6.68. The van der Waals surface area contributed by atoms with Crippen LogP contribution in [0.2, 0.25) is 0 Å². The van der Waals surface area contributed by atoms with Crippen LogP contribution in [0.25, 0.3) is 0 Å². The lowest BCUT2D eigenvalue weighted by atomic mass is 10.1. The Bertz CT molecular complexity index is 450. The van der Waals surface area contributed by atoms with E-state index in [0.29, 0.717) is 6.04 Å². The topological polar surface area (TPSA) is 18.5 Å². The number of halogens is 1. The van der Waals surface area contributed by atoms with E-state index in [1.165, 1.54) is 48.1 Å². The molecule has 1 N–H and O–H groups in total. The van der Waals surface area contributed by atoms with Crippen LogP contribution in [0.4, 0.5) is 0 Å². The molecule has 4 heteroatoms. The SMILES string of the molecule is CCC1CN(C)CCCN1Cc1ccc(CNC)cc1Br. The van der Waals surface area contributed by atoms with Gasteiger partial charge in [0.1, 0.15) is 0 Å². The maximum Gasteiger partial charge on any atom is 0.0248 e. The molecular formula is C17H28BrN3. The minimum atomic E-state index is 0.668. The minimum absolute atomic E-state index is 0.668. The van der Waals surface area contributed by atoms with Crippen LogP contribution in [0.1, 0.15) is 30.9 Å². The van der Waals surface area contributed by atoms with Crippen LogP contribution < -0.4 is 5.32 Å². The molecule has 1 saturated heterocycles. The largest absolute Gasteiger partial charge is 0.316 e. The Hall–Kier alpha value is -0.420. The van der Waals surface area contributed by atoms with E-state index in [0.717, 1.165) is 13.1 Å². The molecule has 0 aliphatic carbocycles. The monoisotopic (exact) mass is 353 g/mol. The van der Waals surface area contributed by atoms with Crippen LogP contribution in [0, 0.1) is 0 Å². The zero-order valence-corrected chi connectivity index (χ0v) is 15.1. The van der Waals surface area contributed by atoms with Crippen molar-refractivity contribution in [3.8, 4) is 0 Å². The highest BCUT2D eigenvalue weighted by atomic mass is 79.9. The van der Waals surface area contributed by atoms with Crippen molar-refractivity contribution in [2.75, 3.05) is 33.7 Å². The molecule has 2 rings (SSSR count). The highest BCUT2D eigenvalue weighted by Gasteiger charge is 2.22. The summed E-state index contributed by atoms with van der Waals surface area (Å²) in [5.41, 5.74) is 2.73. The van der Waals surface area contributed by atoms with Gasteiger partial charge >= 0.3 is 0 Å². The Balaban J connectivity index is 2.08. The van der Waals surface area contributed by atoms with Gasteiger partial charge in [0.2, 0.25) is 0 Å². The van der Waals surface area contributed by atoms with E-state index < -0.39 is 0 Å². The molecule has 0 amide bonds. The molecule has 1 heterocycles. The first-order valence-corrected chi connectivity index (χ1v) is 8.77. The molecule has 1 atom stereocenters. The van der Waals surface area contributed by atoms with Gasteiger partial charge in [-0.25, -0.2) is 0 Å². The van der Waals surface area contributed by atoms with Crippen LogP contribution in [-0.4, -0.2) is 49.6 Å². The van der Waals surface area contributed by atoms with Gasteiger partial charge in [-0.05, 0) is 50.7 Å². The number of hydrogen-bond donors (Lipinski definition) is 1. The highest BCUT2D eigenvalue weighted by molar-refractivity contribution is 9.10. The summed E-state index contributed by atoms with van der Waals surface area (Å²) in [4.78, 5) is 5.13. The molecule has 21 heavy (non-hydrogen) atoms. The van der Waals surface area contributed by atoms with Crippen molar-refractivity contribution < 1.29 is 0 Å². The summed E-state index contributed by atoms with van der Waals surface area (Å²) in [5, 5.41) is 3.20. The molecule has 1 fully saturated rings. The van der Waals surface area contributed by atoms with Gasteiger partial charge in [0, 0.05) is 36.7 Å². The standard InChI is InChI=1S/C17H28BrN3/c1-4-16-13-20(3)8-5-9-21(16)12-15-7-6-14(11-19-2)10-17(15)18/h6-7,10,16,19H,4-5,8-9,11-13H2,1-3H3. The average Bonchev–Trinajstić information content (AvgIpc) is 2.63. The Morgan fingerprint density at radius 3 is 2.81 bits per heavy atom. The van der Waals surface area contributed by atoms with Gasteiger partial charge in [-0.15, -0.1) is 0 Å². The van der Waals surface area contributed by atoms with Gasteiger partial charge in [0.25, 0.3) is 0 Å². The van der Waals surface area contributed by atoms with Crippen molar-refractivity contribution in [3.63, 3.8) is 0 Å². The number of nitrogens with zero attached hydrogens (tertiary/aromatic N) is 2. The second-order valence-electron chi connectivity index (χ2n) is 6.10. The lowest BCUT2D eigenvalue weighted by Crippen LogP contribution is -2.39. The molecule has 1 aromatic carbocycles. The van der Waals surface area contributed by atoms with E-state index in [-0.39, 0.29) is 0 Å². The van der Waals surface area contributed by atoms with Crippen molar-refractivity contribution in [1.82, 2.24) is 15.1 Å². The molecular weight excluding hydrogens is 326 g/mol. The Morgan fingerprint density at radius 1 is 1.33 bits per heavy atom. The predicted molar refractivity (Wildman–Crippen MR) is 93.5 cm³/mol. The molecule has 3 nitrogen and oxygen atoms in total. The van der Waals surface area contributed by atoms with Crippen molar-refractivity contribution >= 4 is 15.9 Å². The number of likely N-dealkylation sites (N-methyl/N-ethyl adjacent to an activating group) is 1. The van der Waals surface area contributed by atoms with E-state index in [9.17, 15) is 0 Å². The molecule has 0 spiro atoms. The summed E-state index contributed by atoms with van der Waals surface area (Å²) in [7, 11) is 4.23. The molecule has 118 valence electrons. The van der Waals surface area contributed by atoms with Gasteiger partial charge in [-0.1, -0.05) is 35.0 Å². The smallest absolute Gasteiger partial charge is 0.0248 e. The van der Waals surface area contributed by atoms with Crippen LogP contribution >= 0.6 is 15.9 Å². The third-order valence-corrected chi connectivity index (χ3v) is 5.11. The van der Waals surface area contributed by atoms with Gasteiger partial charge in [-0.2, -0.15) is 0 Å². The number of rotatable bonds is 5.